The first-order valence-corrected chi connectivity index (χ1v) is 7.46. The predicted molar refractivity (Wildman–Crippen MR) is 74.7 cm³/mol. The van der Waals surface area contributed by atoms with Gasteiger partial charge in [-0.25, -0.2) is 0 Å². The van der Waals surface area contributed by atoms with Crippen molar-refractivity contribution >= 4 is 23.2 Å². The van der Waals surface area contributed by atoms with E-state index in [0.29, 0.717) is 19.5 Å². The Morgan fingerprint density at radius 2 is 2.26 bits per heavy atom. The molecule has 0 aliphatic carbocycles. The van der Waals surface area contributed by atoms with Gasteiger partial charge in [0.05, 0.1) is 10.8 Å². The lowest BCUT2D eigenvalue weighted by atomic mass is 10.1. The van der Waals surface area contributed by atoms with Crippen LogP contribution in [0.2, 0.25) is 0 Å². The number of carbonyl (C=O) groups is 2. The van der Waals surface area contributed by atoms with Crippen molar-refractivity contribution in [1.82, 2.24) is 4.90 Å². The van der Waals surface area contributed by atoms with Crippen molar-refractivity contribution in [2.24, 2.45) is 5.92 Å². The summed E-state index contributed by atoms with van der Waals surface area (Å²) in [7, 11) is 0. The van der Waals surface area contributed by atoms with Crippen LogP contribution in [0.4, 0.5) is 0 Å². The maximum Gasteiger partial charge on any atom is 0.308 e. The number of hydrogen-bond donors (Lipinski definition) is 1. The normalized spacial score (nSPS) is 18.8. The van der Waals surface area contributed by atoms with E-state index in [0.717, 1.165) is 17.7 Å². The summed E-state index contributed by atoms with van der Waals surface area (Å²) < 4.78 is 0. The van der Waals surface area contributed by atoms with Crippen LogP contribution in [0.15, 0.2) is 6.07 Å². The summed E-state index contributed by atoms with van der Waals surface area (Å²) >= 11 is 1.52. The van der Waals surface area contributed by atoms with Crippen molar-refractivity contribution in [3.8, 4) is 0 Å². The van der Waals surface area contributed by atoms with E-state index in [-0.39, 0.29) is 5.91 Å². The van der Waals surface area contributed by atoms with Crippen molar-refractivity contribution in [1.29, 1.82) is 0 Å². The molecule has 0 bridgehead atoms. The largest absolute Gasteiger partial charge is 0.481 e. The highest BCUT2D eigenvalue weighted by molar-refractivity contribution is 7.14. The minimum absolute atomic E-state index is 0.0146. The molecule has 0 saturated carbocycles. The molecule has 1 aliphatic rings. The minimum Gasteiger partial charge on any atom is -0.481 e. The predicted octanol–water partition coefficient (Wildman–Crippen LogP) is 2.56. The van der Waals surface area contributed by atoms with Crippen LogP contribution in [-0.4, -0.2) is 35.0 Å². The molecular weight excluding hydrogens is 262 g/mol. The molecule has 0 radical (unpaired) electrons. The molecule has 2 heterocycles. The zero-order chi connectivity index (χ0) is 14.0. The standard InChI is InChI=1S/C14H19NO3S/c1-3-4-10-7-12(19-9(10)2)13(16)15-6-5-11(8-15)14(17)18/h7,11H,3-6,8H2,1-2H3,(H,17,18)/t11-/m0/s1. The Morgan fingerprint density at radius 1 is 1.53 bits per heavy atom. The quantitative estimate of drug-likeness (QED) is 0.922. The third-order valence-corrected chi connectivity index (χ3v) is 4.66. The zero-order valence-electron chi connectivity index (χ0n) is 11.3. The summed E-state index contributed by atoms with van der Waals surface area (Å²) in [6, 6.07) is 1.97. The number of likely N-dealkylation sites (tertiary alicyclic amines) is 1. The van der Waals surface area contributed by atoms with Gasteiger partial charge in [-0.2, -0.15) is 0 Å². The van der Waals surface area contributed by atoms with Crippen molar-refractivity contribution in [3.63, 3.8) is 0 Å². The number of aliphatic carboxylic acids is 1. The lowest BCUT2D eigenvalue weighted by Gasteiger charge is -2.14. The van der Waals surface area contributed by atoms with Crippen LogP contribution in [0, 0.1) is 12.8 Å². The number of rotatable bonds is 4. The lowest BCUT2D eigenvalue weighted by Crippen LogP contribution is -2.29. The van der Waals surface area contributed by atoms with E-state index in [1.54, 1.807) is 4.90 Å². The third-order valence-electron chi connectivity index (χ3n) is 3.58. The Morgan fingerprint density at radius 3 is 2.84 bits per heavy atom. The summed E-state index contributed by atoms with van der Waals surface area (Å²) in [5.41, 5.74) is 1.24. The fourth-order valence-electron chi connectivity index (χ4n) is 2.44. The molecule has 1 saturated heterocycles. The first kappa shape index (κ1) is 14.1. The van der Waals surface area contributed by atoms with Crippen molar-refractivity contribution in [2.45, 2.75) is 33.1 Å². The second-order valence-corrected chi connectivity index (χ2v) is 6.27. The van der Waals surface area contributed by atoms with Gasteiger partial charge in [-0.05, 0) is 31.4 Å². The van der Waals surface area contributed by atoms with Gasteiger partial charge in [-0.3, -0.25) is 9.59 Å². The van der Waals surface area contributed by atoms with Crippen LogP contribution in [0.25, 0.3) is 0 Å². The second-order valence-electron chi connectivity index (χ2n) is 5.02. The van der Waals surface area contributed by atoms with Gasteiger partial charge in [0.25, 0.3) is 5.91 Å². The van der Waals surface area contributed by atoms with E-state index in [2.05, 4.69) is 6.92 Å². The fourth-order valence-corrected chi connectivity index (χ4v) is 3.48. The Bertz CT molecular complexity index is 495. The number of carboxylic acid groups (broad SMARTS) is 1. The first-order chi connectivity index (χ1) is 9.02. The van der Waals surface area contributed by atoms with E-state index in [1.165, 1.54) is 21.8 Å². The summed E-state index contributed by atoms with van der Waals surface area (Å²) in [4.78, 5) is 26.8. The van der Waals surface area contributed by atoms with Crippen LogP contribution in [0.1, 0.15) is 39.9 Å². The molecular formula is C14H19NO3S. The van der Waals surface area contributed by atoms with Gasteiger partial charge in [-0.15, -0.1) is 11.3 Å². The number of amides is 1. The number of aryl methyl sites for hydroxylation is 2. The Hall–Kier alpha value is -1.36. The van der Waals surface area contributed by atoms with Gasteiger partial charge in [0.1, 0.15) is 0 Å². The van der Waals surface area contributed by atoms with E-state index in [1.807, 2.05) is 13.0 Å². The number of carbonyl (C=O) groups excluding carboxylic acids is 1. The molecule has 104 valence electrons. The summed E-state index contributed by atoms with van der Waals surface area (Å²) in [6.07, 6.45) is 2.62. The lowest BCUT2D eigenvalue weighted by molar-refractivity contribution is -0.141. The smallest absolute Gasteiger partial charge is 0.308 e. The average molecular weight is 281 g/mol. The van der Waals surface area contributed by atoms with E-state index in [9.17, 15) is 9.59 Å². The molecule has 1 atom stereocenters. The Balaban J connectivity index is 2.08. The van der Waals surface area contributed by atoms with E-state index < -0.39 is 11.9 Å². The van der Waals surface area contributed by atoms with Gasteiger partial charge in [-0.1, -0.05) is 13.3 Å². The highest BCUT2D eigenvalue weighted by Gasteiger charge is 2.31. The topological polar surface area (TPSA) is 57.6 Å². The summed E-state index contributed by atoms with van der Waals surface area (Å²) in [5, 5.41) is 8.97. The molecule has 1 aliphatic heterocycles. The van der Waals surface area contributed by atoms with Crippen LogP contribution < -0.4 is 0 Å². The third kappa shape index (κ3) is 2.97. The molecule has 5 heteroatoms. The van der Waals surface area contributed by atoms with Crippen molar-refractivity contribution in [3.05, 3.63) is 21.4 Å². The monoisotopic (exact) mass is 281 g/mol. The molecule has 0 spiro atoms. The Labute approximate surface area is 117 Å². The van der Waals surface area contributed by atoms with Crippen LogP contribution in [-0.2, 0) is 11.2 Å². The molecule has 0 unspecified atom stereocenters. The van der Waals surface area contributed by atoms with Crippen LogP contribution in [0.5, 0.6) is 0 Å². The Kier molecular flexibility index (Phi) is 4.24. The summed E-state index contributed by atoms with van der Waals surface area (Å²) in [5.74, 6) is -1.22. The number of carboxylic acids is 1. The van der Waals surface area contributed by atoms with Gasteiger partial charge in [0.15, 0.2) is 0 Å². The van der Waals surface area contributed by atoms with E-state index >= 15 is 0 Å². The fraction of sp³-hybridized carbons (Fsp3) is 0.571. The van der Waals surface area contributed by atoms with Gasteiger partial charge < -0.3 is 10.0 Å². The molecule has 2 rings (SSSR count). The molecule has 1 N–H and O–H groups in total. The first-order valence-electron chi connectivity index (χ1n) is 6.64. The van der Waals surface area contributed by atoms with Crippen molar-refractivity contribution < 1.29 is 14.7 Å². The molecule has 1 aromatic heterocycles. The minimum atomic E-state index is -0.802. The SMILES string of the molecule is CCCc1cc(C(=O)N2CC[C@H](C(=O)O)C2)sc1C. The highest BCUT2D eigenvalue weighted by atomic mass is 32.1. The van der Waals surface area contributed by atoms with Gasteiger partial charge >= 0.3 is 5.97 Å². The van der Waals surface area contributed by atoms with E-state index in [4.69, 9.17) is 5.11 Å². The van der Waals surface area contributed by atoms with Crippen molar-refractivity contribution in [2.75, 3.05) is 13.1 Å². The maximum atomic E-state index is 12.3. The maximum absolute atomic E-state index is 12.3. The molecule has 1 fully saturated rings. The molecule has 4 nitrogen and oxygen atoms in total. The molecule has 19 heavy (non-hydrogen) atoms. The molecule has 1 aromatic rings. The van der Waals surface area contributed by atoms with Gasteiger partial charge in [0.2, 0.25) is 0 Å². The number of hydrogen-bond acceptors (Lipinski definition) is 3. The second kappa shape index (κ2) is 5.74. The number of thiophene rings is 1. The van der Waals surface area contributed by atoms with Crippen LogP contribution in [0.3, 0.4) is 0 Å². The average Bonchev–Trinajstić information content (AvgIpc) is 2.97. The zero-order valence-corrected chi connectivity index (χ0v) is 12.1. The molecule has 1 amide bonds. The highest BCUT2D eigenvalue weighted by Crippen LogP contribution is 2.26. The van der Waals surface area contributed by atoms with Crippen LogP contribution >= 0.6 is 11.3 Å². The summed E-state index contributed by atoms with van der Waals surface area (Å²) in [6.45, 7) is 5.05. The number of nitrogens with zero attached hydrogens (tertiary/aromatic N) is 1. The molecule has 0 aromatic carbocycles. The van der Waals surface area contributed by atoms with Gasteiger partial charge in [0, 0.05) is 18.0 Å².